The minimum Gasteiger partial charge on any atom is -0.393 e. The molecule has 0 aliphatic heterocycles. The van der Waals surface area contributed by atoms with Crippen LogP contribution in [-0.2, 0) is 6.54 Å². The van der Waals surface area contributed by atoms with Gasteiger partial charge in [-0.3, -0.25) is 0 Å². The van der Waals surface area contributed by atoms with Gasteiger partial charge in [0.1, 0.15) is 5.82 Å². The summed E-state index contributed by atoms with van der Waals surface area (Å²) >= 11 is 0. The molecule has 1 aromatic rings. The van der Waals surface area contributed by atoms with Crippen LogP contribution in [0.25, 0.3) is 0 Å². The maximum absolute atomic E-state index is 12.7. The summed E-state index contributed by atoms with van der Waals surface area (Å²) in [5, 5.41) is 13.2. The summed E-state index contributed by atoms with van der Waals surface area (Å²) in [6.45, 7) is 1.74. The molecule has 3 heteroatoms. The van der Waals surface area contributed by atoms with E-state index in [1.807, 2.05) is 12.1 Å². The number of aliphatic hydroxyl groups is 1. The lowest BCUT2D eigenvalue weighted by Crippen LogP contribution is -2.25. The third-order valence-corrected chi connectivity index (χ3v) is 4.04. The molecule has 19 heavy (non-hydrogen) atoms. The molecule has 106 valence electrons. The normalized spacial score (nSPS) is 23.5. The van der Waals surface area contributed by atoms with E-state index in [1.54, 1.807) is 0 Å². The van der Waals surface area contributed by atoms with Crippen LogP contribution in [0, 0.1) is 11.7 Å². The second kappa shape index (κ2) is 7.61. The van der Waals surface area contributed by atoms with E-state index >= 15 is 0 Å². The van der Waals surface area contributed by atoms with Gasteiger partial charge in [0, 0.05) is 6.54 Å². The van der Waals surface area contributed by atoms with E-state index in [-0.39, 0.29) is 11.9 Å². The molecule has 0 heterocycles. The van der Waals surface area contributed by atoms with Crippen molar-refractivity contribution in [1.82, 2.24) is 5.32 Å². The molecule has 2 nitrogen and oxygen atoms in total. The molecule has 0 aromatic heterocycles. The monoisotopic (exact) mass is 265 g/mol. The largest absolute Gasteiger partial charge is 0.393 e. The van der Waals surface area contributed by atoms with Crippen molar-refractivity contribution in [2.75, 3.05) is 6.54 Å². The van der Waals surface area contributed by atoms with Crippen molar-refractivity contribution in [3.63, 3.8) is 0 Å². The molecule has 0 saturated heterocycles. The number of hydrogen-bond acceptors (Lipinski definition) is 2. The van der Waals surface area contributed by atoms with E-state index in [0.717, 1.165) is 37.9 Å². The number of hydrogen-bond donors (Lipinski definition) is 2. The third-order valence-electron chi connectivity index (χ3n) is 4.04. The van der Waals surface area contributed by atoms with Crippen LogP contribution in [0.15, 0.2) is 24.3 Å². The van der Waals surface area contributed by atoms with Crippen molar-refractivity contribution in [1.29, 1.82) is 0 Å². The van der Waals surface area contributed by atoms with E-state index in [4.69, 9.17) is 0 Å². The molecule has 2 N–H and O–H groups in total. The van der Waals surface area contributed by atoms with Gasteiger partial charge in [-0.2, -0.15) is 0 Å². The Balaban J connectivity index is 1.58. The van der Waals surface area contributed by atoms with E-state index in [1.165, 1.54) is 31.4 Å². The molecule has 2 rings (SSSR count). The number of rotatable bonds is 6. The topological polar surface area (TPSA) is 32.3 Å². The Labute approximate surface area is 115 Å². The summed E-state index contributed by atoms with van der Waals surface area (Å²) in [4.78, 5) is 0. The molecule has 1 aromatic carbocycles. The molecular weight excluding hydrogens is 241 g/mol. The first kappa shape index (κ1) is 14.5. The Hall–Kier alpha value is -0.930. The number of aliphatic hydroxyl groups excluding tert-OH is 1. The number of benzene rings is 1. The van der Waals surface area contributed by atoms with Crippen LogP contribution in [0.5, 0.6) is 0 Å². The Morgan fingerprint density at radius 1 is 1.16 bits per heavy atom. The van der Waals surface area contributed by atoms with Crippen LogP contribution >= 0.6 is 0 Å². The van der Waals surface area contributed by atoms with Gasteiger partial charge in [-0.25, -0.2) is 4.39 Å². The standard InChI is InChI=1S/C16H24FNO/c17-15-9-7-13(8-10-15)12-18-11-3-5-14-4-1-2-6-16(14)19/h7-10,14,16,18-19H,1-6,11-12H2. The molecule has 1 saturated carbocycles. The van der Waals surface area contributed by atoms with Gasteiger partial charge in [0.05, 0.1) is 6.10 Å². The molecule has 1 fully saturated rings. The molecule has 0 radical (unpaired) electrons. The lowest BCUT2D eigenvalue weighted by molar-refractivity contribution is 0.0643. The summed E-state index contributed by atoms with van der Waals surface area (Å²) in [5.74, 6) is 0.316. The van der Waals surface area contributed by atoms with E-state index in [0.29, 0.717) is 5.92 Å². The highest BCUT2D eigenvalue weighted by Crippen LogP contribution is 2.27. The fourth-order valence-corrected chi connectivity index (χ4v) is 2.85. The van der Waals surface area contributed by atoms with Crippen molar-refractivity contribution < 1.29 is 9.50 Å². The van der Waals surface area contributed by atoms with Gasteiger partial charge in [-0.1, -0.05) is 25.0 Å². The average Bonchev–Trinajstić information content (AvgIpc) is 2.42. The summed E-state index contributed by atoms with van der Waals surface area (Å²) in [7, 11) is 0. The lowest BCUT2D eigenvalue weighted by Gasteiger charge is -2.27. The first-order valence-electron chi connectivity index (χ1n) is 7.39. The smallest absolute Gasteiger partial charge is 0.123 e. The highest BCUT2D eigenvalue weighted by Gasteiger charge is 2.21. The Kier molecular flexibility index (Phi) is 5.80. The van der Waals surface area contributed by atoms with E-state index in [9.17, 15) is 9.50 Å². The quantitative estimate of drug-likeness (QED) is 0.774. The molecule has 2 atom stereocenters. The number of nitrogens with one attached hydrogen (secondary N) is 1. The molecule has 0 amide bonds. The maximum atomic E-state index is 12.7. The molecular formula is C16H24FNO. The minimum absolute atomic E-state index is 0.0779. The molecule has 1 aliphatic rings. The van der Waals surface area contributed by atoms with Gasteiger partial charge >= 0.3 is 0 Å². The van der Waals surface area contributed by atoms with Crippen LogP contribution < -0.4 is 5.32 Å². The van der Waals surface area contributed by atoms with Crippen LogP contribution in [-0.4, -0.2) is 17.8 Å². The first-order chi connectivity index (χ1) is 9.25. The van der Waals surface area contributed by atoms with Crippen molar-refractivity contribution >= 4 is 0 Å². The van der Waals surface area contributed by atoms with Crippen LogP contribution in [0.2, 0.25) is 0 Å². The minimum atomic E-state index is -0.185. The van der Waals surface area contributed by atoms with Crippen molar-refractivity contribution in [3.05, 3.63) is 35.6 Å². The fourth-order valence-electron chi connectivity index (χ4n) is 2.85. The zero-order valence-electron chi connectivity index (χ0n) is 11.4. The number of halogens is 1. The van der Waals surface area contributed by atoms with Crippen molar-refractivity contribution in [2.24, 2.45) is 5.92 Å². The molecule has 2 unspecified atom stereocenters. The van der Waals surface area contributed by atoms with Crippen LogP contribution in [0.3, 0.4) is 0 Å². The summed E-state index contributed by atoms with van der Waals surface area (Å²) in [6.07, 6.45) is 6.74. The second-order valence-corrected chi connectivity index (χ2v) is 5.56. The molecule has 0 spiro atoms. The van der Waals surface area contributed by atoms with E-state index < -0.39 is 0 Å². The lowest BCUT2D eigenvalue weighted by atomic mass is 9.83. The Morgan fingerprint density at radius 2 is 1.89 bits per heavy atom. The predicted octanol–water partition coefficient (Wildman–Crippen LogP) is 3.25. The fraction of sp³-hybridized carbons (Fsp3) is 0.625. The van der Waals surface area contributed by atoms with Gasteiger partial charge in [0.15, 0.2) is 0 Å². The van der Waals surface area contributed by atoms with Crippen LogP contribution in [0.1, 0.15) is 44.1 Å². The van der Waals surface area contributed by atoms with Crippen LogP contribution in [0.4, 0.5) is 4.39 Å². The van der Waals surface area contributed by atoms with Gasteiger partial charge in [0.25, 0.3) is 0 Å². The van der Waals surface area contributed by atoms with Gasteiger partial charge in [-0.05, 0) is 55.8 Å². The Morgan fingerprint density at radius 3 is 2.63 bits per heavy atom. The van der Waals surface area contributed by atoms with Gasteiger partial charge in [-0.15, -0.1) is 0 Å². The maximum Gasteiger partial charge on any atom is 0.123 e. The predicted molar refractivity (Wildman–Crippen MR) is 75.3 cm³/mol. The van der Waals surface area contributed by atoms with Crippen molar-refractivity contribution in [3.8, 4) is 0 Å². The van der Waals surface area contributed by atoms with Crippen molar-refractivity contribution in [2.45, 2.75) is 51.2 Å². The first-order valence-corrected chi connectivity index (χ1v) is 7.39. The molecule has 1 aliphatic carbocycles. The van der Waals surface area contributed by atoms with E-state index in [2.05, 4.69) is 5.32 Å². The zero-order chi connectivity index (χ0) is 13.5. The Bertz CT molecular complexity index is 366. The zero-order valence-corrected chi connectivity index (χ0v) is 11.4. The SMILES string of the molecule is OC1CCCCC1CCCNCc1ccc(F)cc1. The highest BCUT2D eigenvalue weighted by molar-refractivity contribution is 5.15. The molecule has 0 bridgehead atoms. The summed E-state index contributed by atoms with van der Waals surface area (Å²) in [5.41, 5.74) is 1.11. The average molecular weight is 265 g/mol. The second-order valence-electron chi connectivity index (χ2n) is 5.56. The summed E-state index contributed by atoms with van der Waals surface area (Å²) in [6, 6.07) is 6.62. The third kappa shape index (κ3) is 4.92. The van der Waals surface area contributed by atoms with Gasteiger partial charge < -0.3 is 10.4 Å². The van der Waals surface area contributed by atoms with Gasteiger partial charge in [0.2, 0.25) is 0 Å². The highest BCUT2D eigenvalue weighted by atomic mass is 19.1. The summed E-state index contributed by atoms with van der Waals surface area (Å²) < 4.78 is 12.7.